The highest BCUT2D eigenvalue weighted by Crippen LogP contribution is 2.14. The third-order valence-corrected chi connectivity index (χ3v) is 2.78. The minimum absolute atomic E-state index is 0.299. The first kappa shape index (κ1) is 15.1. The highest BCUT2D eigenvalue weighted by atomic mass is 16.6. The highest BCUT2D eigenvalue weighted by Gasteiger charge is 2.17. The summed E-state index contributed by atoms with van der Waals surface area (Å²) >= 11 is 0. The van der Waals surface area contributed by atoms with Gasteiger partial charge in [-0.15, -0.1) is 0 Å². The number of hydrogen-bond acceptors (Lipinski definition) is 4. The second-order valence-corrected chi connectivity index (χ2v) is 5.81. The van der Waals surface area contributed by atoms with Crippen molar-refractivity contribution in [3.05, 3.63) is 48.5 Å². The predicted molar refractivity (Wildman–Crippen MR) is 82.3 cm³/mol. The molecule has 2 aromatic rings. The average Bonchev–Trinajstić information content (AvgIpc) is 2.91. The van der Waals surface area contributed by atoms with Crippen molar-refractivity contribution < 1.29 is 9.53 Å². The Morgan fingerprint density at radius 2 is 2.00 bits per heavy atom. The molecule has 2 rings (SSSR count). The van der Waals surface area contributed by atoms with E-state index in [1.54, 1.807) is 24.7 Å². The van der Waals surface area contributed by atoms with Crippen LogP contribution < -0.4 is 5.32 Å². The molecule has 0 spiro atoms. The fourth-order valence-corrected chi connectivity index (χ4v) is 1.81. The third kappa shape index (κ3) is 4.95. The van der Waals surface area contributed by atoms with E-state index in [-0.39, 0.29) is 5.97 Å². The summed E-state index contributed by atoms with van der Waals surface area (Å²) in [6, 6.07) is 7.31. The predicted octanol–water partition coefficient (Wildman–Crippen LogP) is 2.95. The molecule has 0 unspecified atom stereocenters. The first-order valence-electron chi connectivity index (χ1n) is 6.97. The summed E-state index contributed by atoms with van der Waals surface area (Å²) < 4.78 is 7.33. The summed E-state index contributed by atoms with van der Waals surface area (Å²) in [5.74, 6) is -0.299. The Hall–Kier alpha value is -2.30. The first-order valence-corrected chi connectivity index (χ1v) is 6.97. The number of benzene rings is 1. The van der Waals surface area contributed by atoms with E-state index in [2.05, 4.69) is 10.3 Å². The Kier molecular flexibility index (Phi) is 4.62. The molecule has 1 N–H and O–H groups in total. The van der Waals surface area contributed by atoms with Crippen molar-refractivity contribution in [2.75, 3.05) is 11.9 Å². The van der Waals surface area contributed by atoms with Crippen LogP contribution in [0.2, 0.25) is 0 Å². The molecule has 1 aromatic carbocycles. The lowest BCUT2D eigenvalue weighted by Gasteiger charge is -2.19. The molecule has 112 valence electrons. The molecular weight excluding hydrogens is 266 g/mol. The van der Waals surface area contributed by atoms with Crippen LogP contribution in [0.25, 0.3) is 0 Å². The number of hydrogen-bond donors (Lipinski definition) is 1. The molecule has 0 fully saturated rings. The molecule has 0 saturated carbocycles. The molecule has 0 aliphatic carbocycles. The lowest BCUT2D eigenvalue weighted by atomic mass is 10.1. The molecular formula is C16H21N3O2. The zero-order valence-electron chi connectivity index (χ0n) is 12.7. The number of esters is 1. The van der Waals surface area contributed by atoms with Gasteiger partial charge in [-0.2, -0.15) is 0 Å². The SMILES string of the molecule is CC(C)(C)OC(=O)c1ccc(NCCn2ccnc2)cc1. The van der Waals surface area contributed by atoms with Crippen LogP contribution in [0.4, 0.5) is 5.69 Å². The summed E-state index contributed by atoms with van der Waals surface area (Å²) in [6.07, 6.45) is 5.47. The van der Waals surface area contributed by atoms with Gasteiger partial charge in [0, 0.05) is 31.2 Å². The fourth-order valence-electron chi connectivity index (χ4n) is 1.81. The molecule has 0 bridgehead atoms. The molecule has 0 saturated heterocycles. The van der Waals surface area contributed by atoms with Crippen LogP contribution in [0.3, 0.4) is 0 Å². The zero-order valence-corrected chi connectivity index (χ0v) is 12.7. The molecule has 0 radical (unpaired) electrons. The largest absolute Gasteiger partial charge is 0.456 e. The van der Waals surface area contributed by atoms with Crippen molar-refractivity contribution in [3.8, 4) is 0 Å². The average molecular weight is 287 g/mol. The van der Waals surface area contributed by atoms with Crippen molar-refractivity contribution in [1.82, 2.24) is 9.55 Å². The molecule has 0 amide bonds. The van der Waals surface area contributed by atoms with Gasteiger partial charge in [0.2, 0.25) is 0 Å². The van der Waals surface area contributed by atoms with E-state index < -0.39 is 5.60 Å². The van der Waals surface area contributed by atoms with Gasteiger partial charge >= 0.3 is 5.97 Å². The maximum absolute atomic E-state index is 11.9. The Bertz CT molecular complexity index is 569. The third-order valence-electron chi connectivity index (χ3n) is 2.78. The van der Waals surface area contributed by atoms with Gasteiger partial charge in [-0.25, -0.2) is 9.78 Å². The van der Waals surface area contributed by atoms with Gasteiger partial charge in [-0.05, 0) is 45.0 Å². The van der Waals surface area contributed by atoms with Crippen LogP contribution in [0.15, 0.2) is 43.0 Å². The second kappa shape index (κ2) is 6.43. The van der Waals surface area contributed by atoms with E-state index in [1.165, 1.54) is 0 Å². The normalized spacial score (nSPS) is 11.2. The number of anilines is 1. The first-order chi connectivity index (χ1) is 9.94. The van der Waals surface area contributed by atoms with Crippen molar-refractivity contribution in [2.45, 2.75) is 32.9 Å². The summed E-state index contributed by atoms with van der Waals surface area (Å²) in [4.78, 5) is 15.9. The van der Waals surface area contributed by atoms with Gasteiger partial charge in [-0.3, -0.25) is 0 Å². The lowest BCUT2D eigenvalue weighted by molar-refractivity contribution is 0.00696. The maximum atomic E-state index is 11.9. The number of carbonyl (C=O) groups excluding carboxylic acids is 1. The number of ether oxygens (including phenoxy) is 1. The van der Waals surface area contributed by atoms with Crippen LogP contribution in [-0.2, 0) is 11.3 Å². The van der Waals surface area contributed by atoms with E-state index >= 15 is 0 Å². The van der Waals surface area contributed by atoms with Crippen molar-refractivity contribution in [3.63, 3.8) is 0 Å². The van der Waals surface area contributed by atoms with E-state index in [1.807, 2.05) is 43.7 Å². The van der Waals surface area contributed by atoms with Gasteiger partial charge in [0.05, 0.1) is 11.9 Å². The van der Waals surface area contributed by atoms with Crippen LogP contribution in [0.5, 0.6) is 0 Å². The Labute approximate surface area is 125 Å². The number of nitrogens with one attached hydrogen (secondary N) is 1. The molecule has 1 aromatic heterocycles. The van der Waals surface area contributed by atoms with Gasteiger partial charge in [0.25, 0.3) is 0 Å². The van der Waals surface area contributed by atoms with Gasteiger partial charge < -0.3 is 14.6 Å². The van der Waals surface area contributed by atoms with Gasteiger partial charge in [0.1, 0.15) is 5.60 Å². The number of nitrogens with zero attached hydrogens (tertiary/aromatic N) is 2. The van der Waals surface area contributed by atoms with Gasteiger partial charge in [-0.1, -0.05) is 0 Å². The van der Waals surface area contributed by atoms with E-state index in [0.717, 1.165) is 18.8 Å². The summed E-state index contributed by atoms with van der Waals surface area (Å²) in [7, 11) is 0. The Morgan fingerprint density at radius 1 is 1.29 bits per heavy atom. The molecule has 0 aliphatic heterocycles. The standard InChI is InChI=1S/C16H21N3O2/c1-16(2,3)21-15(20)13-4-6-14(7-5-13)18-9-11-19-10-8-17-12-19/h4-8,10,12,18H,9,11H2,1-3H3. The fraction of sp³-hybridized carbons (Fsp3) is 0.375. The molecule has 0 atom stereocenters. The highest BCUT2D eigenvalue weighted by molar-refractivity contribution is 5.90. The molecule has 5 heteroatoms. The second-order valence-electron chi connectivity index (χ2n) is 5.81. The summed E-state index contributed by atoms with van der Waals surface area (Å²) in [6.45, 7) is 7.21. The summed E-state index contributed by atoms with van der Waals surface area (Å²) in [5, 5.41) is 3.30. The monoisotopic (exact) mass is 287 g/mol. The number of carbonyl (C=O) groups is 1. The van der Waals surface area contributed by atoms with Crippen LogP contribution in [0, 0.1) is 0 Å². The number of imidazole rings is 1. The molecule has 21 heavy (non-hydrogen) atoms. The lowest BCUT2D eigenvalue weighted by Crippen LogP contribution is -2.23. The minimum Gasteiger partial charge on any atom is -0.456 e. The van der Waals surface area contributed by atoms with E-state index in [0.29, 0.717) is 5.56 Å². The van der Waals surface area contributed by atoms with Gasteiger partial charge in [0.15, 0.2) is 0 Å². The minimum atomic E-state index is -0.473. The number of rotatable bonds is 5. The maximum Gasteiger partial charge on any atom is 0.338 e. The van der Waals surface area contributed by atoms with Crippen LogP contribution in [0.1, 0.15) is 31.1 Å². The Morgan fingerprint density at radius 3 is 2.57 bits per heavy atom. The topological polar surface area (TPSA) is 56.1 Å². The van der Waals surface area contributed by atoms with Crippen molar-refractivity contribution in [2.24, 2.45) is 0 Å². The molecule has 0 aliphatic rings. The van der Waals surface area contributed by atoms with Crippen LogP contribution in [-0.4, -0.2) is 27.7 Å². The molecule has 5 nitrogen and oxygen atoms in total. The van der Waals surface area contributed by atoms with E-state index in [4.69, 9.17) is 4.74 Å². The molecule has 1 heterocycles. The van der Waals surface area contributed by atoms with Crippen LogP contribution >= 0.6 is 0 Å². The summed E-state index contributed by atoms with van der Waals surface area (Å²) in [5.41, 5.74) is 1.06. The quantitative estimate of drug-likeness (QED) is 0.859. The number of aromatic nitrogens is 2. The van der Waals surface area contributed by atoms with Crippen molar-refractivity contribution in [1.29, 1.82) is 0 Å². The van der Waals surface area contributed by atoms with E-state index in [9.17, 15) is 4.79 Å². The Balaban J connectivity index is 1.85. The van der Waals surface area contributed by atoms with Crippen molar-refractivity contribution >= 4 is 11.7 Å². The zero-order chi connectivity index (χ0) is 15.3. The smallest absolute Gasteiger partial charge is 0.338 e.